The lowest BCUT2D eigenvalue weighted by molar-refractivity contribution is 0.247. The monoisotopic (exact) mass is 382 g/mol. The van der Waals surface area contributed by atoms with Gasteiger partial charge in [-0.1, -0.05) is 96.5 Å². The van der Waals surface area contributed by atoms with Crippen molar-refractivity contribution in [2.24, 2.45) is 11.8 Å². The second-order valence-electron chi connectivity index (χ2n) is 7.86. The molecule has 0 heterocycles. The molecule has 0 aliphatic rings. The van der Waals surface area contributed by atoms with Gasteiger partial charge in [-0.3, -0.25) is 0 Å². The molecule has 2 rings (SSSR count). The topological polar surface area (TPSA) is 9.23 Å². The van der Waals surface area contributed by atoms with Crippen molar-refractivity contribution in [3.8, 4) is 16.9 Å². The third kappa shape index (κ3) is 8.33. The fraction of sp³-hybridized carbons (Fsp3) is 0.481. The minimum atomic E-state index is 0. The van der Waals surface area contributed by atoms with Crippen LogP contribution >= 0.6 is 0 Å². The van der Waals surface area contributed by atoms with Gasteiger partial charge in [0.25, 0.3) is 0 Å². The summed E-state index contributed by atoms with van der Waals surface area (Å²) in [6.45, 7) is 11.9. The van der Waals surface area contributed by atoms with E-state index in [0.717, 1.165) is 18.3 Å². The van der Waals surface area contributed by atoms with Crippen LogP contribution < -0.4 is 4.74 Å². The van der Waals surface area contributed by atoms with Crippen LogP contribution in [0.1, 0.15) is 72.9 Å². The molecule has 0 radical (unpaired) electrons. The third-order valence-electron chi connectivity index (χ3n) is 4.71. The predicted molar refractivity (Wildman–Crippen MR) is 128 cm³/mol. The number of aryl methyl sites for hydroxylation is 1. The van der Waals surface area contributed by atoms with Crippen molar-refractivity contribution in [1.29, 1.82) is 0 Å². The van der Waals surface area contributed by atoms with Gasteiger partial charge in [0.2, 0.25) is 0 Å². The summed E-state index contributed by atoms with van der Waals surface area (Å²) in [5.41, 5.74) is 5.00. The summed E-state index contributed by atoms with van der Waals surface area (Å²) >= 11 is 0. The second kappa shape index (κ2) is 13.2. The van der Waals surface area contributed by atoms with Crippen molar-refractivity contribution in [1.82, 2.24) is 0 Å². The second-order valence-corrected chi connectivity index (χ2v) is 7.86. The quantitative estimate of drug-likeness (QED) is 0.421. The predicted octanol–water partition coefficient (Wildman–Crippen LogP) is 8.81. The molecule has 2 aromatic carbocycles. The van der Waals surface area contributed by atoms with Crippen molar-refractivity contribution in [3.05, 3.63) is 59.7 Å². The molecule has 0 spiro atoms. The molecular formula is C27H42O. The van der Waals surface area contributed by atoms with Crippen molar-refractivity contribution < 1.29 is 4.74 Å². The van der Waals surface area contributed by atoms with E-state index in [1.54, 1.807) is 0 Å². The molecule has 1 atom stereocenters. The average Bonchev–Trinajstić information content (AvgIpc) is 2.61. The van der Waals surface area contributed by atoms with Crippen molar-refractivity contribution >= 4 is 6.08 Å². The molecule has 0 saturated heterocycles. The van der Waals surface area contributed by atoms with Crippen LogP contribution in [-0.4, -0.2) is 6.61 Å². The summed E-state index contributed by atoms with van der Waals surface area (Å²) in [4.78, 5) is 0. The molecule has 156 valence electrons. The Morgan fingerprint density at radius 3 is 2.39 bits per heavy atom. The van der Waals surface area contributed by atoms with Crippen LogP contribution in [-0.2, 0) is 0 Å². The van der Waals surface area contributed by atoms with Crippen molar-refractivity contribution in [3.63, 3.8) is 0 Å². The Bertz CT molecular complexity index is 712. The molecule has 1 heteroatoms. The number of benzene rings is 2. The molecule has 0 aliphatic heterocycles. The summed E-state index contributed by atoms with van der Waals surface area (Å²) in [7, 11) is 0. The number of allylic oxidation sites excluding steroid dienone is 1. The highest BCUT2D eigenvalue weighted by Crippen LogP contribution is 2.29. The summed E-state index contributed by atoms with van der Waals surface area (Å²) in [5, 5.41) is 0. The molecular weight excluding hydrogens is 340 g/mol. The van der Waals surface area contributed by atoms with Crippen LogP contribution in [0.15, 0.2) is 48.5 Å². The summed E-state index contributed by atoms with van der Waals surface area (Å²) in [6, 6.07) is 15.1. The van der Waals surface area contributed by atoms with Gasteiger partial charge in [-0.2, -0.15) is 0 Å². The van der Waals surface area contributed by atoms with Gasteiger partial charge >= 0.3 is 0 Å². The lowest BCUT2D eigenvalue weighted by Crippen LogP contribution is -2.09. The minimum Gasteiger partial charge on any atom is -0.493 e. The largest absolute Gasteiger partial charge is 0.493 e. The molecule has 0 bridgehead atoms. The average molecular weight is 383 g/mol. The molecule has 0 N–H and O–H groups in total. The lowest BCUT2D eigenvalue weighted by atomic mass is 9.97. The maximum Gasteiger partial charge on any atom is 0.119 e. The van der Waals surface area contributed by atoms with Crippen molar-refractivity contribution in [2.75, 3.05) is 6.61 Å². The molecule has 0 amide bonds. The van der Waals surface area contributed by atoms with E-state index < -0.39 is 0 Å². The number of hydrogen-bond acceptors (Lipinski definition) is 1. The SMILES string of the molecule is C.C.C/C=C/c1ccc(C)cc1-c1cccc(OCC(C)CCCC(C)C)c1. The number of hydrogen-bond donors (Lipinski definition) is 0. The Labute approximate surface area is 174 Å². The molecule has 1 unspecified atom stereocenters. The highest BCUT2D eigenvalue weighted by atomic mass is 16.5. The Morgan fingerprint density at radius 2 is 1.71 bits per heavy atom. The Hall–Kier alpha value is -2.02. The first kappa shape index (κ1) is 26.0. The molecule has 0 fully saturated rings. The molecule has 2 aromatic rings. The minimum absolute atomic E-state index is 0. The van der Waals surface area contributed by atoms with E-state index in [9.17, 15) is 0 Å². The Kier molecular flexibility index (Phi) is 12.3. The van der Waals surface area contributed by atoms with Crippen LogP contribution in [0.2, 0.25) is 0 Å². The first-order chi connectivity index (χ1) is 12.5. The van der Waals surface area contributed by atoms with E-state index >= 15 is 0 Å². The van der Waals surface area contributed by atoms with E-state index in [1.807, 2.05) is 0 Å². The summed E-state index contributed by atoms with van der Waals surface area (Å²) in [6.07, 6.45) is 8.09. The number of rotatable bonds is 9. The maximum absolute atomic E-state index is 6.10. The first-order valence-corrected chi connectivity index (χ1v) is 9.96. The molecule has 0 saturated carbocycles. The van der Waals surface area contributed by atoms with E-state index in [4.69, 9.17) is 4.74 Å². The molecule has 1 nitrogen and oxygen atoms in total. The highest BCUT2D eigenvalue weighted by Gasteiger charge is 2.07. The van der Waals surface area contributed by atoms with Gasteiger partial charge in [0, 0.05) is 0 Å². The van der Waals surface area contributed by atoms with E-state index in [-0.39, 0.29) is 14.9 Å². The van der Waals surface area contributed by atoms with Gasteiger partial charge in [-0.05, 0) is 60.9 Å². The van der Waals surface area contributed by atoms with Crippen LogP contribution in [0.4, 0.5) is 0 Å². The smallest absolute Gasteiger partial charge is 0.119 e. The zero-order valence-electron chi connectivity index (χ0n) is 17.1. The van der Waals surface area contributed by atoms with E-state index in [2.05, 4.69) is 89.2 Å². The van der Waals surface area contributed by atoms with Crippen LogP contribution in [0.3, 0.4) is 0 Å². The van der Waals surface area contributed by atoms with E-state index in [1.165, 1.54) is 41.5 Å². The van der Waals surface area contributed by atoms with Gasteiger partial charge in [-0.25, -0.2) is 0 Å². The molecule has 28 heavy (non-hydrogen) atoms. The fourth-order valence-electron chi connectivity index (χ4n) is 3.19. The molecule has 0 aromatic heterocycles. The zero-order valence-corrected chi connectivity index (χ0v) is 17.1. The van der Waals surface area contributed by atoms with Crippen LogP contribution in [0.5, 0.6) is 5.75 Å². The van der Waals surface area contributed by atoms with Gasteiger partial charge in [0.05, 0.1) is 6.61 Å². The Balaban J connectivity index is 0.00000364. The van der Waals surface area contributed by atoms with Gasteiger partial charge < -0.3 is 4.74 Å². The standard InChI is InChI=1S/C25H34O.2CH4/c1-6-9-22-15-14-20(4)16-25(22)23-12-8-13-24(17-23)26-18-21(5)11-7-10-19(2)3;;/h6,8-9,12-17,19,21H,7,10-11,18H2,1-5H3;2*1H4/b9-6+;;. The van der Waals surface area contributed by atoms with Gasteiger partial charge in [-0.15, -0.1) is 0 Å². The summed E-state index contributed by atoms with van der Waals surface area (Å²) < 4.78 is 6.10. The summed E-state index contributed by atoms with van der Waals surface area (Å²) in [5.74, 6) is 2.35. The van der Waals surface area contributed by atoms with Crippen molar-refractivity contribution in [2.45, 2.75) is 68.7 Å². The lowest BCUT2D eigenvalue weighted by Gasteiger charge is -2.15. The van der Waals surface area contributed by atoms with E-state index in [0.29, 0.717) is 5.92 Å². The van der Waals surface area contributed by atoms with Crippen LogP contribution in [0.25, 0.3) is 17.2 Å². The zero-order chi connectivity index (χ0) is 18.9. The first-order valence-electron chi connectivity index (χ1n) is 9.96. The van der Waals surface area contributed by atoms with Crippen LogP contribution in [0, 0.1) is 18.8 Å². The normalized spacial score (nSPS) is 11.8. The maximum atomic E-state index is 6.10. The Morgan fingerprint density at radius 1 is 0.964 bits per heavy atom. The third-order valence-corrected chi connectivity index (χ3v) is 4.71. The molecule has 0 aliphatic carbocycles. The highest BCUT2D eigenvalue weighted by molar-refractivity contribution is 5.76. The fourth-order valence-corrected chi connectivity index (χ4v) is 3.19. The van der Waals surface area contributed by atoms with Gasteiger partial charge in [0.1, 0.15) is 5.75 Å². The van der Waals surface area contributed by atoms with Gasteiger partial charge in [0.15, 0.2) is 0 Å². The number of ether oxygens (including phenoxy) is 1.